The molecule has 4 heteroatoms. The second-order valence-corrected chi connectivity index (χ2v) is 5.60. The van der Waals surface area contributed by atoms with Crippen LogP contribution in [-0.4, -0.2) is 24.5 Å². The van der Waals surface area contributed by atoms with Gasteiger partial charge >= 0.3 is 0 Å². The Hall–Kier alpha value is -0.0900. The third-order valence-electron chi connectivity index (χ3n) is 3.16. The molecule has 0 aromatic heterocycles. The monoisotopic (exact) mass is 302 g/mol. The Labute approximate surface area is 110 Å². The zero-order valence-corrected chi connectivity index (χ0v) is 11.6. The molecule has 2 rings (SSSR count). The zero-order chi connectivity index (χ0) is 11.7. The molecular formula is C12H16BrClN2. The number of hydrogen-bond acceptors (Lipinski definition) is 2. The van der Waals surface area contributed by atoms with Crippen molar-refractivity contribution in [3.05, 3.63) is 33.3 Å². The Morgan fingerprint density at radius 2 is 2.25 bits per heavy atom. The molecule has 88 valence electrons. The minimum absolute atomic E-state index is 0.277. The highest BCUT2D eigenvalue weighted by molar-refractivity contribution is 9.10. The third-order valence-corrected chi connectivity index (χ3v) is 4.08. The lowest BCUT2D eigenvalue weighted by Gasteiger charge is -2.28. The molecule has 0 bridgehead atoms. The molecule has 16 heavy (non-hydrogen) atoms. The molecule has 2 N–H and O–H groups in total. The molecule has 1 aliphatic carbocycles. The maximum absolute atomic E-state index is 5.94. The molecule has 0 spiro atoms. The normalized spacial score (nSPS) is 17.8. The van der Waals surface area contributed by atoms with Gasteiger partial charge in [0, 0.05) is 28.1 Å². The summed E-state index contributed by atoms with van der Waals surface area (Å²) in [6.07, 6.45) is 2.58. The van der Waals surface area contributed by atoms with Crippen LogP contribution in [0.3, 0.4) is 0 Å². The molecule has 0 saturated heterocycles. The second kappa shape index (κ2) is 5.05. The first-order chi connectivity index (χ1) is 7.63. The summed E-state index contributed by atoms with van der Waals surface area (Å²) in [6.45, 7) is 0.632. The van der Waals surface area contributed by atoms with Crippen LogP contribution < -0.4 is 5.73 Å². The summed E-state index contributed by atoms with van der Waals surface area (Å²) in [7, 11) is 2.15. The Kier molecular flexibility index (Phi) is 3.90. The van der Waals surface area contributed by atoms with E-state index in [2.05, 4.69) is 33.9 Å². The molecular weight excluding hydrogens is 288 g/mol. The van der Waals surface area contributed by atoms with Crippen molar-refractivity contribution in [1.29, 1.82) is 0 Å². The van der Waals surface area contributed by atoms with E-state index in [4.69, 9.17) is 17.3 Å². The molecule has 0 aliphatic heterocycles. The van der Waals surface area contributed by atoms with Gasteiger partial charge < -0.3 is 5.73 Å². The van der Waals surface area contributed by atoms with Crippen molar-refractivity contribution in [1.82, 2.24) is 4.90 Å². The SMILES string of the molecule is CN(C1CC1)C(CN)c1ccc(Cl)cc1Br. The molecule has 1 fully saturated rings. The minimum Gasteiger partial charge on any atom is -0.329 e. The largest absolute Gasteiger partial charge is 0.329 e. The lowest BCUT2D eigenvalue weighted by molar-refractivity contribution is 0.239. The van der Waals surface area contributed by atoms with Crippen LogP contribution in [0.1, 0.15) is 24.4 Å². The second-order valence-electron chi connectivity index (χ2n) is 4.31. The Balaban J connectivity index is 2.24. The summed E-state index contributed by atoms with van der Waals surface area (Å²) in [6, 6.07) is 6.89. The van der Waals surface area contributed by atoms with Gasteiger partial charge in [-0.1, -0.05) is 33.6 Å². The maximum atomic E-state index is 5.94. The van der Waals surface area contributed by atoms with Gasteiger partial charge in [0.15, 0.2) is 0 Å². The lowest BCUT2D eigenvalue weighted by atomic mass is 10.1. The van der Waals surface area contributed by atoms with Gasteiger partial charge in [0.05, 0.1) is 0 Å². The summed E-state index contributed by atoms with van der Waals surface area (Å²) >= 11 is 9.50. The van der Waals surface area contributed by atoms with E-state index >= 15 is 0 Å². The molecule has 1 atom stereocenters. The minimum atomic E-state index is 0.277. The molecule has 0 radical (unpaired) electrons. The van der Waals surface area contributed by atoms with Crippen molar-refractivity contribution < 1.29 is 0 Å². The van der Waals surface area contributed by atoms with Crippen LogP contribution in [0, 0.1) is 0 Å². The number of rotatable bonds is 4. The van der Waals surface area contributed by atoms with Gasteiger partial charge in [-0.2, -0.15) is 0 Å². The highest BCUT2D eigenvalue weighted by Gasteiger charge is 2.31. The average molecular weight is 304 g/mol. The smallest absolute Gasteiger partial charge is 0.0481 e. The quantitative estimate of drug-likeness (QED) is 0.925. The fourth-order valence-electron chi connectivity index (χ4n) is 2.02. The zero-order valence-electron chi connectivity index (χ0n) is 9.29. The average Bonchev–Trinajstić information content (AvgIpc) is 3.05. The topological polar surface area (TPSA) is 29.3 Å². The van der Waals surface area contributed by atoms with E-state index in [1.54, 1.807) is 0 Å². The van der Waals surface area contributed by atoms with E-state index < -0.39 is 0 Å². The number of nitrogens with two attached hydrogens (primary N) is 1. The van der Waals surface area contributed by atoms with Crippen molar-refractivity contribution in [3.63, 3.8) is 0 Å². The van der Waals surface area contributed by atoms with Crippen LogP contribution >= 0.6 is 27.5 Å². The summed E-state index contributed by atoms with van der Waals surface area (Å²) in [5.74, 6) is 0. The van der Waals surface area contributed by atoms with Crippen LogP contribution in [0.15, 0.2) is 22.7 Å². The van der Waals surface area contributed by atoms with Crippen LogP contribution in [-0.2, 0) is 0 Å². The number of benzene rings is 1. The van der Waals surface area contributed by atoms with Gasteiger partial charge in [-0.25, -0.2) is 0 Å². The van der Waals surface area contributed by atoms with Gasteiger partial charge in [0.2, 0.25) is 0 Å². The fourth-order valence-corrected chi connectivity index (χ4v) is 2.97. The van der Waals surface area contributed by atoms with Gasteiger partial charge in [-0.15, -0.1) is 0 Å². The van der Waals surface area contributed by atoms with Crippen molar-refractivity contribution in [2.75, 3.05) is 13.6 Å². The Morgan fingerprint density at radius 3 is 2.75 bits per heavy atom. The van der Waals surface area contributed by atoms with Crippen molar-refractivity contribution >= 4 is 27.5 Å². The maximum Gasteiger partial charge on any atom is 0.0481 e. The summed E-state index contributed by atoms with van der Waals surface area (Å²) in [4.78, 5) is 2.37. The molecule has 1 aliphatic rings. The van der Waals surface area contributed by atoms with Crippen molar-refractivity contribution in [2.24, 2.45) is 5.73 Å². The summed E-state index contributed by atoms with van der Waals surface area (Å²) < 4.78 is 1.04. The van der Waals surface area contributed by atoms with E-state index in [9.17, 15) is 0 Å². The molecule has 1 aromatic rings. The first-order valence-electron chi connectivity index (χ1n) is 5.50. The summed E-state index contributed by atoms with van der Waals surface area (Å²) in [5, 5.41) is 0.750. The van der Waals surface area contributed by atoms with E-state index in [1.807, 2.05) is 12.1 Å². The first-order valence-corrected chi connectivity index (χ1v) is 6.67. The Bertz CT molecular complexity index is 379. The number of halogens is 2. The molecule has 0 heterocycles. The van der Waals surface area contributed by atoms with E-state index in [-0.39, 0.29) is 6.04 Å². The van der Waals surface area contributed by atoms with Crippen LogP contribution in [0.2, 0.25) is 5.02 Å². The highest BCUT2D eigenvalue weighted by atomic mass is 79.9. The molecule has 1 unspecified atom stereocenters. The fraction of sp³-hybridized carbons (Fsp3) is 0.500. The highest BCUT2D eigenvalue weighted by Crippen LogP contribution is 2.35. The summed E-state index contributed by atoms with van der Waals surface area (Å²) in [5.41, 5.74) is 7.11. The van der Waals surface area contributed by atoms with Crippen LogP contribution in [0.5, 0.6) is 0 Å². The third kappa shape index (κ3) is 2.59. The Morgan fingerprint density at radius 1 is 1.56 bits per heavy atom. The first kappa shape index (κ1) is 12.4. The van der Waals surface area contributed by atoms with Gasteiger partial charge in [0.1, 0.15) is 0 Å². The predicted molar refractivity (Wildman–Crippen MR) is 71.7 cm³/mol. The van der Waals surface area contributed by atoms with Gasteiger partial charge in [0.25, 0.3) is 0 Å². The van der Waals surface area contributed by atoms with E-state index in [0.29, 0.717) is 12.6 Å². The van der Waals surface area contributed by atoms with Gasteiger partial charge in [-0.05, 0) is 37.6 Å². The number of likely N-dealkylation sites (N-methyl/N-ethyl adjacent to an activating group) is 1. The van der Waals surface area contributed by atoms with Crippen LogP contribution in [0.4, 0.5) is 0 Å². The number of nitrogens with zero attached hydrogens (tertiary/aromatic N) is 1. The predicted octanol–water partition coefficient (Wildman–Crippen LogP) is 3.20. The van der Waals surface area contributed by atoms with Gasteiger partial charge in [-0.3, -0.25) is 4.90 Å². The standard InChI is InChI=1S/C12H16BrClN2/c1-16(9-3-4-9)12(7-15)10-5-2-8(14)6-11(10)13/h2,5-6,9,12H,3-4,7,15H2,1H3. The van der Waals surface area contributed by atoms with E-state index in [0.717, 1.165) is 9.50 Å². The molecule has 1 saturated carbocycles. The van der Waals surface area contributed by atoms with Crippen molar-refractivity contribution in [2.45, 2.75) is 24.9 Å². The van der Waals surface area contributed by atoms with E-state index in [1.165, 1.54) is 18.4 Å². The number of hydrogen-bond donors (Lipinski definition) is 1. The van der Waals surface area contributed by atoms with Crippen LogP contribution in [0.25, 0.3) is 0 Å². The molecule has 1 aromatic carbocycles. The molecule has 2 nitrogen and oxygen atoms in total. The lowest BCUT2D eigenvalue weighted by Crippen LogP contribution is -2.32. The molecule has 0 amide bonds. The van der Waals surface area contributed by atoms with Crippen molar-refractivity contribution in [3.8, 4) is 0 Å².